The topological polar surface area (TPSA) is 91.7 Å². The van der Waals surface area contributed by atoms with Crippen LogP contribution in [0.2, 0.25) is 0 Å². The van der Waals surface area contributed by atoms with E-state index in [0.717, 1.165) is 4.90 Å². The average molecular weight is 425 g/mol. The van der Waals surface area contributed by atoms with Crippen LogP contribution >= 0.6 is 0 Å². The lowest BCUT2D eigenvalue weighted by Gasteiger charge is -2.15. The van der Waals surface area contributed by atoms with Crippen molar-refractivity contribution in [3.8, 4) is 17.6 Å². The fraction of sp³-hybridized carbons (Fsp3) is 0.0800. The number of rotatable bonds is 6. The summed E-state index contributed by atoms with van der Waals surface area (Å²) in [4.78, 5) is 27.9. The molecule has 0 bridgehead atoms. The molecule has 3 aromatic rings. The molecular formula is C25H19N3O4. The van der Waals surface area contributed by atoms with Gasteiger partial charge in [-0.25, -0.2) is 4.90 Å². The third-order valence-corrected chi connectivity index (χ3v) is 5.06. The predicted molar refractivity (Wildman–Crippen MR) is 120 cm³/mol. The molecule has 0 saturated heterocycles. The number of carbonyl (C=O) groups excluding carboxylic acids is 2. The molecule has 4 rings (SSSR count). The van der Waals surface area contributed by atoms with E-state index in [2.05, 4.69) is 5.32 Å². The first-order valence-electron chi connectivity index (χ1n) is 9.74. The smallest absolute Gasteiger partial charge is 0.282 e. The normalized spacial score (nSPS) is 13.2. The number of nitriles is 1. The fourth-order valence-electron chi connectivity index (χ4n) is 3.44. The molecule has 0 saturated carbocycles. The highest BCUT2D eigenvalue weighted by Crippen LogP contribution is 2.34. The van der Waals surface area contributed by atoms with E-state index < -0.39 is 11.8 Å². The summed E-state index contributed by atoms with van der Waals surface area (Å²) >= 11 is 0. The summed E-state index contributed by atoms with van der Waals surface area (Å²) in [7, 11) is 3.11. The van der Waals surface area contributed by atoms with Gasteiger partial charge in [0.05, 0.1) is 37.1 Å². The summed E-state index contributed by atoms with van der Waals surface area (Å²) in [6.07, 6.45) is 0. The standard InChI is InChI=1S/C25H19N3O4/c1-31-20-12-8-17(9-13-20)22-23(27-18-4-3-5-21(14-18)32-2)25(30)28(24(22)29)19-10-6-16(15-26)7-11-19/h3-14,27H,1-2H3. The van der Waals surface area contributed by atoms with E-state index in [1.54, 1.807) is 87.0 Å². The Kier molecular flexibility index (Phi) is 5.60. The van der Waals surface area contributed by atoms with Crippen molar-refractivity contribution in [1.82, 2.24) is 0 Å². The molecule has 1 aliphatic heterocycles. The van der Waals surface area contributed by atoms with Crippen LogP contribution in [0.5, 0.6) is 11.5 Å². The molecular weight excluding hydrogens is 406 g/mol. The number of anilines is 2. The molecule has 7 nitrogen and oxygen atoms in total. The molecule has 1 aliphatic rings. The number of amides is 2. The first-order chi connectivity index (χ1) is 15.5. The van der Waals surface area contributed by atoms with Crippen molar-refractivity contribution >= 4 is 28.8 Å². The number of methoxy groups -OCH3 is 2. The number of hydrogen-bond acceptors (Lipinski definition) is 6. The van der Waals surface area contributed by atoms with E-state index >= 15 is 0 Å². The maximum atomic E-state index is 13.4. The van der Waals surface area contributed by atoms with Crippen molar-refractivity contribution in [1.29, 1.82) is 5.26 Å². The lowest BCUT2D eigenvalue weighted by Crippen LogP contribution is -2.32. The lowest BCUT2D eigenvalue weighted by atomic mass is 10.0. The van der Waals surface area contributed by atoms with Gasteiger partial charge in [0.1, 0.15) is 17.2 Å². The van der Waals surface area contributed by atoms with Crippen molar-refractivity contribution in [2.45, 2.75) is 0 Å². The summed E-state index contributed by atoms with van der Waals surface area (Å²) in [5.74, 6) is 0.295. The molecule has 2 amide bonds. The number of nitrogens with one attached hydrogen (secondary N) is 1. The Bertz CT molecular complexity index is 1260. The molecule has 0 spiro atoms. The Morgan fingerprint density at radius 3 is 2.16 bits per heavy atom. The predicted octanol–water partition coefficient (Wildman–Crippen LogP) is 3.97. The van der Waals surface area contributed by atoms with Gasteiger partial charge < -0.3 is 14.8 Å². The fourth-order valence-corrected chi connectivity index (χ4v) is 3.44. The second-order valence-electron chi connectivity index (χ2n) is 6.94. The van der Waals surface area contributed by atoms with Crippen LogP contribution in [-0.2, 0) is 9.59 Å². The van der Waals surface area contributed by atoms with E-state index in [-0.39, 0.29) is 11.3 Å². The highest BCUT2D eigenvalue weighted by molar-refractivity contribution is 6.46. The highest BCUT2D eigenvalue weighted by atomic mass is 16.5. The van der Waals surface area contributed by atoms with E-state index in [4.69, 9.17) is 14.7 Å². The van der Waals surface area contributed by atoms with E-state index in [1.165, 1.54) is 0 Å². The summed E-state index contributed by atoms with van der Waals surface area (Å²) in [6.45, 7) is 0. The molecule has 7 heteroatoms. The number of carbonyl (C=O) groups is 2. The second-order valence-corrected chi connectivity index (χ2v) is 6.94. The summed E-state index contributed by atoms with van der Waals surface area (Å²) in [5.41, 5.74) is 2.39. The average Bonchev–Trinajstić information content (AvgIpc) is 3.08. The quantitative estimate of drug-likeness (QED) is 0.601. The van der Waals surface area contributed by atoms with Crippen molar-refractivity contribution in [2.75, 3.05) is 24.4 Å². The Hall–Kier alpha value is -4.57. The van der Waals surface area contributed by atoms with Crippen molar-refractivity contribution in [3.63, 3.8) is 0 Å². The largest absolute Gasteiger partial charge is 0.497 e. The molecule has 0 fully saturated rings. The summed E-state index contributed by atoms with van der Waals surface area (Å²) in [5, 5.41) is 12.1. The van der Waals surface area contributed by atoms with Gasteiger partial charge in [0.15, 0.2) is 0 Å². The van der Waals surface area contributed by atoms with Gasteiger partial charge in [-0.1, -0.05) is 18.2 Å². The van der Waals surface area contributed by atoms with Crippen LogP contribution < -0.4 is 19.7 Å². The van der Waals surface area contributed by atoms with Crippen LogP contribution in [0.3, 0.4) is 0 Å². The maximum Gasteiger partial charge on any atom is 0.282 e. The zero-order chi connectivity index (χ0) is 22.7. The Morgan fingerprint density at radius 1 is 0.844 bits per heavy atom. The first-order valence-corrected chi connectivity index (χ1v) is 9.74. The van der Waals surface area contributed by atoms with E-state index in [9.17, 15) is 9.59 Å². The lowest BCUT2D eigenvalue weighted by molar-refractivity contribution is -0.120. The second kappa shape index (κ2) is 8.66. The molecule has 0 radical (unpaired) electrons. The zero-order valence-electron chi connectivity index (χ0n) is 17.5. The third kappa shape index (κ3) is 3.77. The highest BCUT2D eigenvalue weighted by Gasteiger charge is 2.40. The maximum absolute atomic E-state index is 13.4. The number of benzene rings is 3. The Morgan fingerprint density at radius 2 is 1.53 bits per heavy atom. The molecule has 158 valence electrons. The Balaban J connectivity index is 1.79. The van der Waals surface area contributed by atoms with Gasteiger partial charge in [-0.2, -0.15) is 5.26 Å². The van der Waals surface area contributed by atoms with Crippen molar-refractivity contribution in [2.24, 2.45) is 0 Å². The van der Waals surface area contributed by atoms with Crippen LogP contribution in [-0.4, -0.2) is 26.0 Å². The minimum atomic E-state index is -0.492. The molecule has 1 heterocycles. The molecule has 3 aromatic carbocycles. The SMILES string of the molecule is COc1ccc(C2=C(Nc3cccc(OC)c3)C(=O)N(c3ccc(C#N)cc3)C2=O)cc1. The number of hydrogen-bond donors (Lipinski definition) is 1. The van der Waals surface area contributed by atoms with Gasteiger partial charge in [0.2, 0.25) is 0 Å². The van der Waals surface area contributed by atoms with E-state index in [0.29, 0.717) is 34.0 Å². The minimum absolute atomic E-state index is 0.151. The van der Waals surface area contributed by atoms with Crippen LogP contribution in [0.25, 0.3) is 5.57 Å². The Labute approximate surface area is 185 Å². The molecule has 0 aromatic heterocycles. The van der Waals surface area contributed by atoms with Crippen LogP contribution in [0.1, 0.15) is 11.1 Å². The van der Waals surface area contributed by atoms with Gasteiger partial charge in [-0.15, -0.1) is 0 Å². The minimum Gasteiger partial charge on any atom is -0.497 e. The van der Waals surface area contributed by atoms with Crippen LogP contribution in [0, 0.1) is 11.3 Å². The van der Waals surface area contributed by atoms with Crippen LogP contribution in [0.4, 0.5) is 11.4 Å². The molecule has 0 unspecified atom stereocenters. The van der Waals surface area contributed by atoms with Crippen molar-refractivity contribution < 1.29 is 19.1 Å². The molecule has 32 heavy (non-hydrogen) atoms. The van der Waals surface area contributed by atoms with Gasteiger partial charge in [-0.05, 0) is 54.1 Å². The number of imide groups is 1. The number of ether oxygens (including phenoxy) is 2. The van der Waals surface area contributed by atoms with Crippen LogP contribution in [0.15, 0.2) is 78.5 Å². The monoisotopic (exact) mass is 425 g/mol. The van der Waals surface area contributed by atoms with Gasteiger partial charge >= 0.3 is 0 Å². The number of nitrogens with zero attached hydrogens (tertiary/aromatic N) is 2. The van der Waals surface area contributed by atoms with Gasteiger partial charge in [0, 0.05) is 11.8 Å². The van der Waals surface area contributed by atoms with Crippen molar-refractivity contribution in [3.05, 3.63) is 89.6 Å². The molecule has 1 N–H and O–H groups in total. The first kappa shape index (κ1) is 20.7. The van der Waals surface area contributed by atoms with Gasteiger partial charge in [0.25, 0.3) is 11.8 Å². The molecule has 0 atom stereocenters. The summed E-state index contributed by atoms with van der Waals surface area (Å²) in [6, 6.07) is 22.3. The summed E-state index contributed by atoms with van der Waals surface area (Å²) < 4.78 is 10.5. The van der Waals surface area contributed by atoms with Gasteiger partial charge in [-0.3, -0.25) is 9.59 Å². The molecule has 0 aliphatic carbocycles. The third-order valence-electron chi connectivity index (χ3n) is 5.06. The zero-order valence-corrected chi connectivity index (χ0v) is 17.5. The van der Waals surface area contributed by atoms with E-state index in [1.807, 2.05) is 6.07 Å².